The van der Waals surface area contributed by atoms with E-state index in [1.54, 1.807) is 17.0 Å². The highest BCUT2D eigenvalue weighted by atomic mass is 16.5. The SMILES string of the molecule is COc1cc(C(=O)Nc2ccc(C[NH+]3CCCC3)cc2)cc(OC)c1OC. The van der Waals surface area contributed by atoms with E-state index in [0.29, 0.717) is 22.8 Å². The fourth-order valence-corrected chi connectivity index (χ4v) is 3.46. The lowest BCUT2D eigenvalue weighted by atomic mass is 10.1. The standard InChI is InChI=1S/C21H26N2O4/c1-25-18-12-16(13-19(26-2)20(18)27-3)21(24)22-17-8-6-15(7-9-17)14-23-10-4-5-11-23/h6-9,12-13H,4-5,10-11,14H2,1-3H3,(H,22,24)/p+1. The van der Waals surface area contributed by atoms with Crippen molar-refractivity contribution < 1.29 is 23.9 Å². The Kier molecular flexibility index (Phi) is 6.19. The van der Waals surface area contributed by atoms with Crippen molar-refractivity contribution in [2.75, 3.05) is 39.7 Å². The van der Waals surface area contributed by atoms with E-state index in [2.05, 4.69) is 17.4 Å². The van der Waals surface area contributed by atoms with Gasteiger partial charge >= 0.3 is 0 Å². The van der Waals surface area contributed by atoms with Gasteiger partial charge < -0.3 is 24.4 Å². The van der Waals surface area contributed by atoms with Gasteiger partial charge in [0.05, 0.1) is 34.4 Å². The summed E-state index contributed by atoms with van der Waals surface area (Å²) in [4.78, 5) is 14.3. The topological polar surface area (TPSA) is 61.2 Å². The molecule has 0 unspecified atom stereocenters. The fraction of sp³-hybridized carbons (Fsp3) is 0.381. The minimum Gasteiger partial charge on any atom is -0.493 e. The Morgan fingerprint density at radius 2 is 1.56 bits per heavy atom. The van der Waals surface area contributed by atoms with E-state index in [1.165, 1.54) is 52.8 Å². The molecule has 144 valence electrons. The molecule has 1 saturated heterocycles. The number of methoxy groups -OCH3 is 3. The molecule has 6 heteroatoms. The fourth-order valence-electron chi connectivity index (χ4n) is 3.46. The van der Waals surface area contributed by atoms with E-state index in [1.807, 2.05) is 12.1 Å². The summed E-state index contributed by atoms with van der Waals surface area (Å²) in [5, 5.41) is 2.92. The van der Waals surface area contributed by atoms with Gasteiger partial charge in [-0.25, -0.2) is 0 Å². The average molecular weight is 371 g/mol. The van der Waals surface area contributed by atoms with Crippen LogP contribution >= 0.6 is 0 Å². The van der Waals surface area contributed by atoms with Crippen molar-refractivity contribution in [3.63, 3.8) is 0 Å². The second-order valence-corrected chi connectivity index (χ2v) is 6.70. The molecule has 1 fully saturated rings. The van der Waals surface area contributed by atoms with Gasteiger partial charge in [0.1, 0.15) is 6.54 Å². The normalized spacial score (nSPS) is 14.0. The maximum Gasteiger partial charge on any atom is 0.255 e. The lowest BCUT2D eigenvalue weighted by molar-refractivity contribution is -0.901. The Balaban J connectivity index is 1.71. The highest BCUT2D eigenvalue weighted by Crippen LogP contribution is 2.38. The number of ether oxygens (including phenoxy) is 3. The number of hydrogen-bond acceptors (Lipinski definition) is 4. The maximum atomic E-state index is 12.6. The van der Waals surface area contributed by atoms with E-state index >= 15 is 0 Å². The van der Waals surface area contributed by atoms with E-state index < -0.39 is 0 Å². The molecule has 0 atom stereocenters. The highest BCUT2D eigenvalue weighted by Gasteiger charge is 2.18. The number of nitrogens with one attached hydrogen (secondary N) is 2. The molecule has 1 aliphatic rings. The van der Waals surface area contributed by atoms with Crippen LogP contribution in [0.1, 0.15) is 28.8 Å². The second-order valence-electron chi connectivity index (χ2n) is 6.70. The number of likely N-dealkylation sites (tertiary alicyclic amines) is 1. The summed E-state index contributed by atoms with van der Waals surface area (Å²) in [5.41, 5.74) is 2.49. The van der Waals surface area contributed by atoms with Crippen molar-refractivity contribution in [1.82, 2.24) is 0 Å². The van der Waals surface area contributed by atoms with Crippen LogP contribution in [0.2, 0.25) is 0 Å². The first kappa shape index (κ1) is 19.0. The third kappa shape index (κ3) is 4.52. The van der Waals surface area contributed by atoms with Crippen molar-refractivity contribution in [3.05, 3.63) is 47.5 Å². The van der Waals surface area contributed by atoms with Crippen LogP contribution < -0.4 is 24.4 Å². The molecule has 0 spiro atoms. The molecule has 6 nitrogen and oxygen atoms in total. The Morgan fingerprint density at radius 3 is 2.07 bits per heavy atom. The summed E-state index contributed by atoms with van der Waals surface area (Å²) in [5.74, 6) is 1.13. The van der Waals surface area contributed by atoms with Gasteiger partial charge in [-0.3, -0.25) is 4.79 Å². The minimum absolute atomic E-state index is 0.229. The van der Waals surface area contributed by atoms with Crippen molar-refractivity contribution in [3.8, 4) is 17.2 Å². The number of anilines is 1. The zero-order valence-corrected chi connectivity index (χ0v) is 16.1. The summed E-state index contributed by atoms with van der Waals surface area (Å²) >= 11 is 0. The first-order valence-corrected chi connectivity index (χ1v) is 9.18. The molecule has 0 aliphatic carbocycles. The van der Waals surface area contributed by atoms with Crippen LogP contribution in [-0.4, -0.2) is 40.3 Å². The Morgan fingerprint density at radius 1 is 0.963 bits per heavy atom. The third-order valence-electron chi connectivity index (χ3n) is 4.90. The molecule has 0 aromatic heterocycles. The molecule has 0 saturated carbocycles. The predicted octanol–water partition coefficient (Wildman–Crippen LogP) is 2.14. The van der Waals surface area contributed by atoms with Gasteiger partial charge in [-0.2, -0.15) is 0 Å². The van der Waals surface area contributed by atoms with Gasteiger partial charge in [0, 0.05) is 29.7 Å². The molecule has 2 aromatic carbocycles. The highest BCUT2D eigenvalue weighted by molar-refractivity contribution is 6.05. The van der Waals surface area contributed by atoms with Crippen LogP contribution in [0.5, 0.6) is 17.2 Å². The number of rotatable bonds is 7. The zero-order valence-electron chi connectivity index (χ0n) is 16.1. The molecular weight excluding hydrogens is 344 g/mol. The molecule has 1 amide bonds. The molecule has 2 N–H and O–H groups in total. The predicted molar refractivity (Wildman–Crippen MR) is 104 cm³/mol. The number of quaternary nitrogens is 1. The monoisotopic (exact) mass is 371 g/mol. The first-order chi connectivity index (χ1) is 13.1. The molecular formula is C21H27N2O4+. The average Bonchev–Trinajstić information content (AvgIpc) is 3.21. The van der Waals surface area contributed by atoms with Crippen LogP contribution in [-0.2, 0) is 6.54 Å². The quantitative estimate of drug-likeness (QED) is 0.783. The third-order valence-corrected chi connectivity index (χ3v) is 4.90. The molecule has 2 aromatic rings. The van der Waals surface area contributed by atoms with Crippen LogP contribution in [0.15, 0.2) is 36.4 Å². The number of hydrogen-bond donors (Lipinski definition) is 2. The van der Waals surface area contributed by atoms with Gasteiger partial charge in [-0.15, -0.1) is 0 Å². The van der Waals surface area contributed by atoms with Crippen LogP contribution in [0.3, 0.4) is 0 Å². The van der Waals surface area contributed by atoms with Crippen LogP contribution in [0.25, 0.3) is 0 Å². The zero-order chi connectivity index (χ0) is 19.2. The molecule has 0 bridgehead atoms. The van der Waals surface area contributed by atoms with E-state index in [0.717, 1.165) is 12.2 Å². The summed E-state index contributed by atoms with van der Waals surface area (Å²) in [6.45, 7) is 3.54. The minimum atomic E-state index is -0.229. The van der Waals surface area contributed by atoms with Gasteiger partial charge in [0.2, 0.25) is 5.75 Å². The Hall–Kier alpha value is -2.73. The Labute approximate surface area is 160 Å². The van der Waals surface area contributed by atoms with Gasteiger partial charge in [0.25, 0.3) is 5.91 Å². The van der Waals surface area contributed by atoms with Gasteiger partial charge in [0.15, 0.2) is 11.5 Å². The van der Waals surface area contributed by atoms with Gasteiger partial charge in [-0.05, 0) is 24.3 Å². The lowest BCUT2D eigenvalue weighted by Gasteiger charge is -2.14. The number of carbonyl (C=O) groups excluding carboxylic acids is 1. The first-order valence-electron chi connectivity index (χ1n) is 9.18. The number of benzene rings is 2. The number of carbonyl (C=O) groups is 1. The lowest BCUT2D eigenvalue weighted by Crippen LogP contribution is -3.08. The second kappa shape index (κ2) is 8.77. The largest absolute Gasteiger partial charge is 0.493 e. The summed E-state index contributed by atoms with van der Waals surface area (Å²) in [6.07, 6.45) is 2.64. The van der Waals surface area contributed by atoms with Gasteiger partial charge in [-0.1, -0.05) is 12.1 Å². The summed E-state index contributed by atoms with van der Waals surface area (Å²) < 4.78 is 15.9. The smallest absolute Gasteiger partial charge is 0.255 e. The van der Waals surface area contributed by atoms with Crippen molar-refractivity contribution >= 4 is 11.6 Å². The molecule has 0 radical (unpaired) electrons. The molecule has 3 rings (SSSR count). The van der Waals surface area contributed by atoms with Crippen molar-refractivity contribution in [2.24, 2.45) is 0 Å². The van der Waals surface area contributed by atoms with Crippen LogP contribution in [0, 0.1) is 0 Å². The van der Waals surface area contributed by atoms with Crippen molar-refractivity contribution in [2.45, 2.75) is 19.4 Å². The number of amides is 1. The van der Waals surface area contributed by atoms with Crippen molar-refractivity contribution in [1.29, 1.82) is 0 Å². The van der Waals surface area contributed by atoms with E-state index in [9.17, 15) is 4.79 Å². The maximum absolute atomic E-state index is 12.6. The molecule has 1 heterocycles. The molecule has 1 aliphatic heterocycles. The summed E-state index contributed by atoms with van der Waals surface area (Å²) in [6, 6.07) is 11.3. The van der Waals surface area contributed by atoms with Crippen LogP contribution in [0.4, 0.5) is 5.69 Å². The van der Waals surface area contributed by atoms with E-state index in [4.69, 9.17) is 14.2 Å². The summed E-state index contributed by atoms with van der Waals surface area (Å²) in [7, 11) is 4.59. The van der Waals surface area contributed by atoms with E-state index in [-0.39, 0.29) is 5.91 Å². The Bertz CT molecular complexity index is 758. The molecule has 27 heavy (non-hydrogen) atoms.